The van der Waals surface area contributed by atoms with Crippen molar-refractivity contribution < 1.29 is 10.1 Å². The molecule has 0 saturated carbocycles. The second-order valence-electron chi connectivity index (χ2n) is 3.66. The standard InChI is InChI=1S/C4H9N.C4H10O2.H3N/c1-2-4-5-3-1;1-4(2,3)6-5;/h5H,1-4H2;5H,1-3H3;1H3. The second-order valence-corrected chi connectivity index (χ2v) is 3.66. The van der Waals surface area contributed by atoms with Crippen molar-refractivity contribution in [3.8, 4) is 0 Å². The van der Waals surface area contributed by atoms with Crippen LogP contribution in [0.5, 0.6) is 0 Å². The van der Waals surface area contributed by atoms with Gasteiger partial charge in [-0.25, -0.2) is 4.89 Å². The van der Waals surface area contributed by atoms with Gasteiger partial charge in [0.15, 0.2) is 0 Å². The van der Waals surface area contributed by atoms with Crippen LogP contribution in [0.15, 0.2) is 0 Å². The van der Waals surface area contributed by atoms with Gasteiger partial charge in [-0.1, -0.05) is 0 Å². The summed E-state index contributed by atoms with van der Waals surface area (Å²) >= 11 is 0. The van der Waals surface area contributed by atoms with Crippen LogP contribution in [0.4, 0.5) is 0 Å². The first-order valence-corrected chi connectivity index (χ1v) is 4.09. The van der Waals surface area contributed by atoms with Crippen LogP contribution in [0.2, 0.25) is 0 Å². The zero-order valence-corrected chi connectivity index (χ0v) is 8.39. The van der Waals surface area contributed by atoms with Gasteiger partial charge in [0, 0.05) is 0 Å². The first kappa shape index (κ1) is 14.4. The van der Waals surface area contributed by atoms with E-state index in [1.54, 1.807) is 20.8 Å². The lowest BCUT2D eigenvalue weighted by Gasteiger charge is -2.10. The SMILES string of the molecule is C1CCNC1.CC(C)(C)OO.N. The maximum absolute atomic E-state index is 7.90. The molecule has 0 aromatic heterocycles. The van der Waals surface area contributed by atoms with Crippen molar-refractivity contribution in [1.82, 2.24) is 11.5 Å². The molecule has 0 radical (unpaired) electrons. The third kappa shape index (κ3) is 12.5. The number of nitrogens with one attached hydrogen (secondary N) is 1. The summed E-state index contributed by atoms with van der Waals surface area (Å²) in [5, 5.41) is 11.1. The molecule has 1 fully saturated rings. The van der Waals surface area contributed by atoms with Gasteiger partial charge in [0.05, 0.1) is 5.60 Å². The summed E-state index contributed by atoms with van der Waals surface area (Å²) in [6.45, 7) is 7.81. The Morgan fingerprint density at radius 2 is 1.50 bits per heavy atom. The van der Waals surface area contributed by atoms with E-state index in [4.69, 9.17) is 5.26 Å². The maximum Gasteiger partial charge on any atom is 0.0949 e. The topological polar surface area (TPSA) is 76.5 Å². The molecule has 76 valence electrons. The minimum atomic E-state index is -0.403. The summed E-state index contributed by atoms with van der Waals surface area (Å²) in [5.41, 5.74) is -0.403. The lowest BCUT2D eigenvalue weighted by atomic mass is 10.2. The molecule has 4 heteroatoms. The Morgan fingerprint density at radius 3 is 1.58 bits per heavy atom. The highest BCUT2D eigenvalue weighted by Crippen LogP contribution is 2.01. The lowest BCUT2D eigenvalue weighted by Crippen LogP contribution is -2.15. The van der Waals surface area contributed by atoms with Crippen molar-refractivity contribution >= 4 is 0 Å². The minimum Gasteiger partial charge on any atom is -0.344 e. The van der Waals surface area contributed by atoms with Gasteiger partial charge in [0.2, 0.25) is 0 Å². The van der Waals surface area contributed by atoms with Gasteiger partial charge < -0.3 is 11.5 Å². The normalized spacial score (nSPS) is 16.0. The Balaban J connectivity index is 0. The Hall–Kier alpha value is -0.160. The molecule has 0 aliphatic carbocycles. The van der Waals surface area contributed by atoms with E-state index in [1.165, 1.54) is 25.9 Å². The van der Waals surface area contributed by atoms with Gasteiger partial charge >= 0.3 is 0 Å². The highest BCUT2D eigenvalue weighted by Gasteiger charge is 2.06. The average molecular weight is 178 g/mol. The molecule has 0 atom stereocenters. The van der Waals surface area contributed by atoms with Crippen LogP contribution in [0.3, 0.4) is 0 Å². The first-order valence-electron chi connectivity index (χ1n) is 4.09. The largest absolute Gasteiger partial charge is 0.344 e. The Bertz CT molecular complexity index is 79.9. The van der Waals surface area contributed by atoms with E-state index in [-0.39, 0.29) is 6.15 Å². The van der Waals surface area contributed by atoms with E-state index in [0.717, 1.165) is 0 Å². The third-order valence-electron chi connectivity index (χ3n) is 1.23. The smallest absolute Gasteiger partial charge is 0.0949 e. The van der Waals surface area contributed by atoms with Crippen molar-refractivity contribution in [1.29, 1.82) is 0 Å². The molecule has 0 aromatic rings. The molecule has 1 aliphatic heterocycles. The van der Waals surface area contributed by atoms with E-state index in [9.17, 15) is 0 Å². The summed E-state index contributed by atoms with van der Waals surface area (Å²) in [4.78, 5) is 3.94. The Labute approximate surface area is 74.8 Å². The van der Waals surface area contributed by atoms with Gasteiger partial charge in [-0.05, 0) is 46.7 Å². The predicted octanol–water partition coefficient (Wildman–Crippen LogP) is 1.81. The zero-order valence-electron chi connectivity index (χ0n) is 8.39. The monoisotopic (exact) mass is 178 g/mol. The summed E-state index contributed by atoms with van der Waals surface area (Å²) in [6, 6.07) is 0. The van der Waals surface area contributed by atoms with Gasteiger partial charge in [-0.15, -0.1) is 0 Å². The molecule has 1 saturated heterocycles. The first-order chi connectivity index (χ1) is 5.06. The molecule has 1 rings (SSSR count). The van der Waals surface area contributed by atoms with Gasteiger partial charge in [0.1, 0.15) is 0 Å². The van der Waals surface area contributed by atoms with Crippen molar-refractivity contribution in [3.63, 3.8) is 0 Å². The molecule has 12 heavy (non-hydrogen) atoms. The quantitative estimate of drug-likeness (QED) is 0.390. The van der Waals surface area contributed by atoms with Gasteiger partial charge in [-0.3, -0.25) is 5.26 Å². The van der Waals surface area contributed by atoms with Crippen molar-refractivity contribution in [2.75, 3.05) is 13.1 Å². The summed E-state index contributed by atoms with van der Waals surface area (Å²) in [6.07, 6.45) is 2.78. The zero-order chi connectivity index (χ0) is 8.74. The van der Waals surface area contributed by atoms with E-state index < -0.39 is 5.60 Å². The molecular weight excluding hydrogens is 156 g/mol. The van der Waals surface area contributed by atoms with Crippen LogP contribution < -0.4 is 11.5 Å². The average Bonchev–Trinajstić information content (AvgIpc) is 2.41. The molecule has 1 aliphatic rings. The van der Waals surface area contributed by atoms with Crippen LogP contribution in [-0.4, -0.2) is 23.9 Å². The fraction of sp³-hybridized carbons (Fsp3) is 1.00. The molecular formula is C8H22N2O2. The summed E-state index contributed by atoms with van der Waals surface area (Å²) in [7, 11) is 0. The Morgan fingerprint density at radius 1 is 1.17 bits per heavy atom. The summed E-state index contributed by atoms with van der Waals surface area (Å²) in [5.74, 6) is 0. The van der Waals surface area contributed by atoms with Gasteiger partial charge in [0.25, 0.3) is 0 Å². The molecule has 0 spiro atoms. The molecule has 5 N–H and O–H groups in total. The van der Waals surface area contributed by atoms with Gasteiger partial charge in [-0.2, -0.15) is 0 Å². The lowest BCUT2D eigenvalue weighted by molar-refractivity contribution is -0.306. The fourth-order valence-corrected chi connectivity index (χ4v) is 0.625. The van der Waals surface area contributed by atoms with Crippen LogP contribution in [0.25, 0.3) is 0 Å². The van der Waals surface area contributed by atoms with Crippen LogP contribution in [0, 0.1) is 0 Å². The van der Waals surface area contributed by atoms with Crippen LogP contribution in [-0.2, 0) is 4.89 Å². The highest BCUT2D eigenvalue weighted by atomic mass is 17.1. The third-order valence-corrected chi connectivity index (χ3v) is 1.23. The van der Waals surface area contributed by atoms with Crippen LogP contribution in [0.1, 0.15) is 33.6 Å². The van der Waals surface area contributed by atoms with E-state index in [2.05, 4.69) is 10.2 Å². The summed E-state index contributed by atoms with van der Waals surface area (Å²) < 4.78 is 0. The van der Waals surface area contributed by atoms with Crippen molar-refractivity contribution in [2.45, 2.75) is 39.2 Å². The van der Waals surface area contributed by atoms with Crippen LogP contribution >= 0.6 is 0 Å². The molecule has 0 unspecified atom stereocenters. The molecule has 0 aromatic carbocycles. The highest BCUT2D eigenvalue weighted by molar-refractivity contribution is 4.55. The Kier molecular flexibility index (Phi) is 8.97. The maximum atomic E-state index is 7.90. The van der Waals surface area contributed by atoms with Crippen molar-refractivity contribution in [2.24, 2.45) is 0 Å². The second kappa shape index (κ2) is 7.49. The fourth-order valence-electron chi connectivity index (χ4n) is 0.625. The number of hydrogen-bond donors (Lipinski definition) is 3. The molecule has 0 bridgehead atoms. The van der Waals surface area contributed by atoms with E-state index in [1.807, 2.05) is 0 Å². The predicted molar refractivity (Wildman–Crippen MR) is 50.6 cm³/mol. The number of hydrogen-bond acceptors (Lipinski definition) is 4. The minimum absolute atomic E-state index is 0. The number of rotatable bonds is 0. The van der Waals surface area contributed by atoms with E-state index >= 15 is 0 Å². The molecule has 1 heterocycles. The molecule has 0 amide bonds. The van der Waals surface area contributed by atoms with Crippen molar-refractivity contribution in [3.05, 3.63) is 0 Å². The molecule has 4 nitrogen and oxygen atoms in total. The van der Waals surface area contributed by atoms with E-state index in [0.29, 0.717) is 0 Å².